The molecule has 3 aliphatic heterocycles. The molecule has 3 N–H and O–H groups in total. The fourth-order valence-electron chi connectivity index (χ4n) is 7.00. The average Bonchev–Trinajstić information content (AvgIpc) is 3.62. The Morgan fingerprint density at radius 3 is 2.44 bits per heavy atom. The Labute approximate surface area is 238 Å². The summed E-state index contributed by atoms with van der Waals surface area (Å²) < 4.78 is 12.0. The van der Waals surface area contributed by atoms with E-state index >= 15 is 0 Å². The lowest BCUT2D eigenvalue weighted by Gasteiger charge is -2.36. The third-order valence-electron chi connectivity index (χ3n) is 8.81. The number of anilines is 2. The first-order chi connectivity index (χ1) is 19.9. The second-order valence-electron chi connectivity index (χ2n) is 11.0. The molecule has 3 heterocycles. The molecule has 0 aromatic heterocycles. The zero-order valence-electron chi connectivity index (χ0n) is 23.2. The second-order valence-corrected chi connectivity index (χ2v) is 11.0. The minimum absolute atomic E-state index is 0.294. The molecule has 3 aromatic carbocycles. The van der Waals surface area contributed by atoms with Gasteiger partial charge in [0.15, 0.2) is 0 Å². The zero-order valence-corrected chi connectivity index (χ0v) is 23.2. The van der Waals surface area contributed by atoms with Gasteiger partial charge >= 0.3 is 0 Å². The average molecular weight is 558 g/mol. The van der Waals surface area contributed by atoms with Gasteiger partial charge < -0.3 is 30.1 Å². The summed E-state index contributed by atoms with van der Waals surface area (Å²) in [5.41, 5.74) is 0.0480. The number of fused-ring (bicyclic) bond motifs is 2. The van der Waals surface area contributed by atoms with Crippen molar-refractivity contribution in [1.82, 2.24) is 4.90 Å². The number of amides is 3. The first kappa shape index (κ1) is 27.2. The highest BCUT2D eigenvalue weighted by Crippen LogP contribution is 2.59. The summed E-state index contributed by atoms with van der Waals surface area (Å²) >= 11 is 0. The third kappa shape index (κ3) is 4.53. The minimum atomic E-state index is -1.15. The van der Waals surface area contributed by atoms with Crippen molar-refractivity contribution in [3.8, 4) is 5.75 Å². The van der Waals surface area contributed by atoms with Crippen molar-refractivity contribution in [1.29, 1.82) is 0 Å². The van der Waals surface area contributed by atoms with Gasteiger partial charge in [-0.1, -0.05) is 37.3 Å². The molecule has 9 nitrogen and oxygen atoms in total. The van der Waals surface area contributed by atoms with Crippen molar-refractivity contribution in [3.63, 3.8) is 0 Å². The van der Waals surface area contributed by atoms with Crippen molar-refractivity contribution in [2.45, 2.75) is 56.9 Å². The van der Waals surface area contributed by atoms with Gasteiger partial charge in [-0.3, -0.25) is 14.4 Å². The molecule has 3 amide bonds. The maximum atomic E-state index is 14.1. The van der Waals surface area contributed by atoms with Crippen molar-refractivity contribution in [3.05, 3.63) is 66.7 Å². The molecule has 214 valence electrons. The maximum Gasteiger partial charge on any atom is 0.250 e. The van der Waals surface area contributed by atoms with Crippen LogP contribution in [0.2, 0.25) is 0 Å². The Morgan fingerprint density at radius 1 is 1.02 bits per heavy atom. The number of carbonyl (C=O) groups excluding carboxylic acids is 3. The highest BCUT2D eigenvalue weighted by molar-refractivity contribution is 6.05. The van der Waals surface area contributed by atoms with E-state index in [0.717, 1.165) is 10.8 Å². The summed E-state index contributed by atoms with van der Waals surface area (Å²) in [6.07, 6.45) is 1.03. The number of nitrogens with zero attached hydrogens (tertiary/aromatic N) is 1. The number of hydrogen-bond acceptors (Lipinski definition) is 6. The summed E-state index contributed by atoms with van der Waals surface area (Å²) in [5.74, 6) is -1.89. The molecule has 3 aromatic rings. The molecular formula is C32H35N3O6. The third-order valence-corrected chi connectivity index (χ3v) is 8.81. The predicted octanol–water partition coefficient (Wildman–Crippen LogP) is 3.96. The van der Waals surface area contributed by atoms with Gasteiger partial charge in [-0.15, -0.1) is 0 Å². The van der Waals surface area contributed by atoms with Crippen molar-refractivity contribution < 1.29 is 29.0 Å². The van der Waals surface area contributed by atoms with Crippen LogP contribution in [-0.2, 0) is 19.1 Å². The van der Waals surface area contributed by atoms with Crippen molar-refractivity contribution in [2.24, 2.45) is 11.8 Å². The van der Waals surface area contributed by atoms with E-state index in [2.05, 4.69) is 10.6 Å². The smallest absolute Gasteiger partial charge is 0.250 e. The highest BCUT2D eigenvalue weighted by atomic mass is 16.5. The van der Waals surface area contributed by atoms with Crippen LogP contribution < -0.4 is 15.4 Å². The molecule has 2 unspecified atom stereocenters. The Bertz CT molecular complexity index is 1470. The lowest BCUT2D eigenvalue weighted by Crippen LogP contribution is -2.56. The molecule has 0 radical (unpaired) electrons. The molecule has 0 saturated carbocycles. The largest absolute Gasteiger partial charge is 0.494 e. The molecule has 0 aliphatic carbocycles. The van der Waals surface area contributed by atoms with Crippen molar-refractivity contribution in [2.75, 3.05) is 23.8 Å². The number of ether oxygens (including phenoxy) is 2. The molecule has 3 aliphatic rings. The SMILES string of the molecule is CCOc1ccc(NC(=O)[C@@H]2[C@H]3C(=O)N([C@@H](CC)CO)C(C(=O)Nc4ccc5ccccc5c4)C34CC[C@H]2O4)cc1. The molecule has 6 rings (SSSR count). The van der Waals surface area contributed by atoms with E-state index in [1.165, 1.54) is 4.90 Å². The monoisotopic (exact) mass is 557 g/mol. The normalized spacial score (nSPS) is 27.1. The maximum absolute atomic E-state index is 14.1. The lowest BCUT2D eigenvalue weighted by molar-refractivity contribution is -0.143. The number of rotatable bonds is 9. The molecule has 2 bridgehead atoms. The van der Waals surface area contributed by atoms with Crippen LogP contribution in [-0.4, -0.2) is 64.7 Å². The minimum Gasteiger partial charge on any atom is -0.494 e. The van der Waals surface area contributed by atoms with Crippen LogP contribution >= 0.6 is 0 Å². The van der Waals surface area contributed by atoms with Crippen LogP contribution in [0.25, 0.3) is 10.8 Å². The Kier molecular flexibility index (Phi) is 7.17. The quantitative estimate of drug-likeness (QED) is 0.367. The highest BCUT2D eigenvalue weighted by Gasteiger charge is 2.75. The van der Waals surface area contributed by atoms with Gasteiger partial charge in [0.2, 0.25) is 17.7 Å². The number of aliphatic hydroxyl groups excluding tert-OH is 1. The van der Waals surface area contributed by atoms with Crippen LogP contribution in [0.1, 0.15) is 33.1 Å². The summed E-state index contributed by atoms with van der Waals surface area (Å²) in [6, 6.07) is 19.0. The van der Waals surface area contributed by atoms with Gasteiger partial charge in [0, 0.05) is 11.4 Å². The summed E-state index contributed by atoms with van der Waals surface area (Å²) in [5, 5.41) is 18.2. The summed E-state index contributed by atoms with van der Waals surface area (Å²) in [4.78, 5) is 43.3. The lowest BCUT2D eigenvalue weighted by atomic mass is 9.70. The van der Waals surface area contributed by atoms with Crippen LogP contribution in [0, 0.1) is 11.8 Å². The van der Waals surface area contributed by atoms with E-state index in [9.17, 15) is 19.5 Å². The predicted molar refractivity (Wildman–Crippen MR) is 154 cm³/mol. The van der Waals surface area contributed by atoms with E-state index in [1.807, 2.05) is 56.3 Å². The Balaban J connectivity index is 1.30. The van der Waals surface area contributed by atoms with E-state index < -0.39 is 35.6 Å². The summed E-state index contributed by atoms with van der Waals surface area (Å²) in [7, 11) is 0. The number of likely N-dealkylation sites (tertiary alicyclic amines) is 1. The Hall–Kier alpha value is -3.95. The molecule has 6 atom stereocenters. The van der Waals surface area contributed by atoms with Crippen molar-refractivity contribution >= 4 is 39.9 Å². The number of hydrogen-bond donors (Lipinski definition) is 3. The molecule has 41 heavy (non-hydrogen) atoms. The fraction of sp³-hybridized carbons (Fsp3) is 0.406. The van der Waals surface area contributed by atoms with Crippen LogP contribution in [0.4, 0.5) is 11.4 Å². The fourth-order valence-corrected chi connectivity index (χ4v) is 7.00. The second kappa shape index (κ2) is 10.8. The van der Waals surface area contributed by atoms with Gasteiger partial charge in [0.25, 0.3) is 0 Å². The standard InChI is InChI=1S/C32H35N3O6/c1-3-23(18-36)35-28(30(38)34-22-10-9-19-7-5-6-8-20(19)17-22)32-16-15-25(41-32)26(27(32)31(35)39)29(37)33-21-11-13-24(14-12-21)40-4-2/h5-14,17,23,25-28,36H,3-4,15-16,18H2,1-2H3,(H,33,37)(H,34,38)/t23-,25+,26-,27-,28?,32?/m0/s1. The van der Waals surface area contributed by atoms with Gasteiger partial charge in [0.05, 0.1) is 37.2 Å². The molecular weight excluding hydrogens is 522 g/mol. The molecule has 3 saturated heterocycles. The van der Waals surface area contributed by atoms with E-state index in [0.29, 0.717) is 43.0 Å². The topological polar surface area (TPSA) is 117 Å². The van der Waals surface area contributed by atoms with E-state index in [1.54, 1.807) is 24.3 Å². The number of carbonyl (C=O) groups is 3. The first-order valence-corrected chi connectivity index (χ1v) is 14.3. The molecule has 1 spiro atoms. The zero-order chi connectivity index (χ0) is 28.7. The van der Waals surface area contributed by atoms with Gasteiger partial charge in [0.1, 0.15) is 17.4 Å². The Morgan fingerprint density at radius 2 is 1.73 bits per heavy atom. The first-order valence-electron chi connectivity index (χ1n) is 14.3. The van der Waals surface area contributed by atoms with Crippen LogP contribution in [0.5, 0.6) is 5.75 Å². The van der Waals surface area contributed by atoms with Crippen LogP contribution in [0.3, 0.4) is 0 Å². The van der Waals surface area contributed by atoms with Crippen LogP contribution in [0.15, 0.2) is 66.7 Å². The molecule has 3 fully saturated rings. The van der Waals surface area contributed by atoms with Gasteiger partial charge in [-0.05, 0) is 73.4 Å². The van der Waals surface area contributed by atoms with Gasteiger partial charge in [-0.25, -0.2) is 0 Å². The van der Waals surface area contributed by atoms with Gasteiger partial charge in [-0.2, -0.15) is 0 Å². The summed E-state index contributed by atoms with van der Waals surface area (Å²) in [6.45, 7) is 4.01. The van der Waals surface area contributed by atoms with E-state index in [-0.39, 0.29) is 24.3 Å². The van der Waals surface area contributed by atoms with E-state index in [4.69, 9.17) is 9.47 Å². The molecule has 9 heteroatoms. The number of benzene rings is 3. The number of nitrogens with one attached hydrogen (secondary N) is 2. The number of aliphatic hydroxyl groups is 1.